The highest BCUT2D eigenvalue weighted by Gasteiger charge is 2.44. The van der Waals surface area contributed by atoms with Crippen LogP contribution in [0, 0.1) is 5.41 Å². The van der Waals surface area contributed by atoms with Gasteiger partial charge in [-0.05, 0) is 41.7 Å². The molecule has 1 aliphatic heterocycles. The highest BCUT2D eigenvalue weighted by Crippen LogP contribution is 2.35. The maximum atomic E-state index is 12.2. The Kier molecular flexibility index (Phi) is 4.83. The first-order valence-corrected chi connectivity index (χ1v) is 8.61. The lowest BCUT2D eigenvalue weighted by atomic mass is 9.80. The molecule has 2 aromatic rings. The summed E-state index contributed by atoms with van der Waals surface area (Å²) >= 11 is 0. The second-order valence-electron chi connectivity index (χ2n) is 6.67. The van der Waals surface area contributed by atoms with E-state index in [0.717, 1.165) is 16.7 Å². The maximum absolute atomic E-state index is 12.2. The van der Waals surface area contributed by atoms with E-state index in [-0.39, 0.29) is 11.8 Å². The second-order valence-corrected chi connectivity index (χ2v) is 6.67. The predicted molar refractivity (Wildman–Crippen MR) is 96.5 cm³/mol. The van der Waals surface area contributed by atoms with E-state index in [4.69, 9.17) is 5.73 Å². The van der Waals surface area contributed by atoms with Crippen molar-refractivity contribution in [1.82, 2.24) is 9.88 Å². The zero-order chi connectivity index (χ0) is 17.9. The number of primary amides is 1. The number of carbonyl (C=O) groups excluding carboxylic acids is 2. The topological polar surface area (TPSA) is 76.3 Å². The summed E-state index contributed by atoms with van der Waals surface area (Å²) in [7, 11) is 0. The molecule has 0 aliphatic carbocycles. The van der Waals surface area contributed by atoms with Gasteiger partial charge in [-0.25, -0.2) is 0 Å². The third-order valence-corrected chi connectivity index (χ3v) is 5.04. The van der Waals surface area contributed by atoms with Crippen LogP contribution in [0.4, 0.5) is 0 Å². The van der Waals surface area contributed by atoms with Gasteiger partial charge in [0.25, 0.3) is 0 Å². The van der Waals surface area contributed by atoms with E-state index in [9.17, 15) is 9.59 Å². The number of rotatable bonds is 5. The molecule has 1 atom stereocenters. The molecule has 25 heavy (non-hydrogen) atoms. The summed E-state index contributed by atoms with van der Waals surface area (Å²) < 4.78 is 0. The minimum absolute atomic E-state index is 0.0798. The molecule has 1 fully saturated rings. The van der Waals surface area contributed by atoms with Crippen LogP contribution in [0.2, 0.25) is 0 Å². The summed E-state index contributed by atoms with van der Waals surface area (Å²) in [6.07, 6.45) is 5.18. The van der Waals surface area contributed by atoms with E-state index in [0.29, 0.717) is 32.4 Å². The third kappa shape index (κ3) is 3.55. The Balaban J connectivity index is 1.78. The quantitative estimate of drug-likeness (QED) is 0.910. The normalized spacial score (nSPS) is 19.8. The van der Waals surface area contributed by atoms with Crippen LogP contribution in [0.25, 0.3) is 11.1 Å². The van der Waals surface area contributed by atoms with Crippen molar-refractivity contribution in [3.05, 3.63) is 54.4 Å². The van der Waals surface area contributed by atoms with Crippen molar-refractivity contribution in [2.75, 3.05) is 13.1 Å². The predicted octanol–water partition coefficient (Wildman–Crippen LogP) is 2.41. The lowest BCUT2D eigenvalue weighted by Crippen LogP contribution is -2.42. The molecule has 5 nitrogen and oxygen atoms in total. The number of aromatic nitrogens is 1. The van der Waals surface area contributed by atoms with Crippen molar-refractivity contribution < 1.29 is 9.59 Å². The van der Waals surface area contributed by atoms with Crippen LogP contribution < -0.4 is 5.73 Å². The first-order chi connectivity index (χ1) is 12.0. The molecule has 5 heteroatoms. The number of nitrogens with zero attached hydrogens (tertiary/aromatic N) is 2. The van der Waals surface area contributed by atoms with Crippen LogP contribution in [0.3, 0.4) is 0 Å². The van der Waals surface area contributed by atoms with Crippen LogP contribution in [-0.2, 0) is 16.0 Å². The van der Waals surface area contributed by atoms with Crippen molar-refractivity contribution in [1.29, 1.82) is 0 Å². The molecule has 3 rings (SSSR count). The van der Waals surface area contributed by atoms with Gasteiger partial charge in [-0.3, -0.25) is 14.6 Å². The van der Waals surface area contributed by atoms with E-state index >= 15 is 0 Å². The van der Waals surface area contributed by atoms with Crippen LogP contribution >= 0.6 is 0 Å². The summed E-state index contributed by atoms with van der Waals surface area (Å²) in [5, 5.41) is 0. The third-order valence-electron chi connectivity index (χ3n) is 5.04. The maximum Gasteiger partial charge on any atom is 0.225 e. The molecule has 1 aromatic heterocycles. The molecule has 0 spiro atoms. The minimum Gasteiger partial charge on any atom is -0.369 e. The van der Waals surface area contributed by atoms with Crippen molar-refractivity contribution >= 4 is 11.8 Å². The Hall–Kier alpha value is -2.69. The molecular weight excluding hydrogens is 314 g/mol. The van der Waals surface area contributed by atoms with Gasteiger partial charge in [-0.1, -0.05) is 31.2 Å². The minimum atomic E-state index is -0.664. The molecule has 2 amide bonds. The fourth-order valence-corrected chi connectivity index (χ4v) is 3.49. The average molecular weight is 337 g/mol. The zero-order valence-electron chi connectivity index (χ0n) is 14.4. The van der Waals surface area contributed by atoms with E-state index in [1.54, 1.807) is 17.3 Å². The molecule has 2 heterocycles. The molecule has 1 aliphatic rings. The smallest absolute Gasteiger partial charge is 0.225 e. The summed E-state index contributed by atoms with van der Waals surface area (Å²) in [6.45, 7) is 2.86. The summed E-state index contributed by atoms with van der Waals surface area (Å²) in [4.78, 5) is 29.9. The lowest BCUT2D eigenvalue weighted by Gasteiger charge is -2.26. The molecule has 2 N–H and O–H groups in total. The standard InChI is InChI=1S/C20H23N3O2/c1-2-18(24)23-12-9-20(14-23,19(21)25)13-15-3-5-16(6-4-15)17-7-10-22-11-8-17/h3-8,10-11H,2,9,12-14H2,1H3,(H2,21,25)/t20-/m1/s1. The van der Waals surface area contributed by atoms with E-state index in [2.05, 4.69) is 4.98 Å². The van der Waals surface area contributed by atoms with Crippen LogP contribution in [0.5, 0.6) is 0 Å². The van der Waals surface area contributed by atoms with Crippen molar-refractivity contribution in [3.8, 4) is 11.1 Å². The molecule has 1 saturated heterocycles. The van der Waals surface area contributed by atoms with Gasteiger partial charge in [0.15, 0.2) is 0 Å². The lowest BCUT2D eigenvalue weighted by molar-refractivity contribution is -0.131. The van der Waals surface area contributed by atoms with E-state index in [1.165, 1.54) is 0 Å². The van der Waals surface area contributed by atoms with Gasteiger partial charge in [0, 0.05) is 31.9 Å². The highest BCUT2D eigenvalue weighted by atomic mass is 16.2. The van der Waals surface area contributed by atoms with Gasteiger partial charge in [0.05, 0.1) is 5.41 Å². The fraction of sp³-hybridized carbons (Fsp3) is 0.350. The number of pyridine rings is 1. The number of hydrogen-bond donors (Lipinski definition) is 1. The monoisotopic (exact) mass is 337 g/mol. The van der Waals surface area contributed by atoms with Crippen LogP contribution in [0.15, 0.2) is 48.8 Å². The Bertz CT molecular complexity index is 758. The van der Waals surface area contributed by atoms with Crippen molar-refractivity contribution in [2.24, 2.45) is 11.1 Å². The Morgan fingerprint density at radius 2 is 1.76 bits per heavy atom. The van der Waals surface area contributed by atoms with E-state index in [1.807, 2.05) is 43.3 Å². The van der Waals surface area contributed by atoms with Gasteiger partial charge in [0.1, 0.15) is 0 Å². The van der Waals surface area contributed by atoms with Gasteiger partial charge in [0.2, 0.25) is 11.8 Å². The van der Waals surface area contributed by atoms with Crippen molar-refractivity contribution in [2.45, 2.75) is 26.2 Å². The SMILES string of the molecule is CCC(=O)N1CC[C@](Cc2ccc(-c3ccncc3)cc2)(C(N)=O)C1. The average Bonchev–Trinajstić information content (AvgIpc) is 3.08. The highest BCUT2D eigenvalue weighted by molar-refractivity contribution is 5.84. The second kappa shape index (κ2) is 7.05. The number of benzene rings is 1. The Morgan fingerprint density at radius 1 is 1.12 bits per heavy atom. The first-order valence-electron chi connectivity index (χ1n) is 8.61. The number of amides is 2. The molecule has 0 saturated carbocycles. The van der Waals surface area contributed by atoms with Crippen molar-refractivity contribution in [3.63, 3.8) is 0 Å². The summed E-state index contributed by atoms with van der Waals surface area (Å²) in [6, 6.07) is 12.1. The fourth-order valence-electron chi connectivity index (χ4n) is 3.49. The first kappa shape index (κ1) is 17.1. The molecule has 0 radical (unpaired) electrons. The number of hydrogen-bond acceptors (Lipinski definition) is 3. The largest absolute Gasteiger partial charge is 0.369 e. The van der Waals surface area contributed by atoms with Crippen LogP contribution in [-0.4, -0.2) is 34.8 Å². The zero-order valence-corrected chi connectivity index (χ0v) is 14.4. The number of likely N-dealkylation sites (tertiary alicyclic amines) is 1. The summed E-state index contributed by atoms with van der Waals surface area (Å²) in [5.74, 6) is -0.242. The Labute approximate surface area is 147 Å². The molecule has 130 valence electrons. The number of nitrogens with two attached hydrogens (primary N) is 1. The molecule has 0 unspecified atom stereocenters. The van der Waals surface area contributed by atoms with Crippen LogP contribution in [0.1, 0.15) is 25.3 Å². The molecule has 0 bridgehead atoms. The molecular formula is C20H23N3O2. The van der Waals surface area contributed by atoms with Gasteiger partial charge in [-0.15, -0.1) is 0 Å². The number of carbonyl (C=O) groups is 2. The Morgan fingerprint density at radius 3 is 2.36 bits per heavy atom. The summed E-state index contributed by atoms with van der Waals surface area (Å²) in [5.41, 5.74) is 8.32. The van der Waals surface area contributed by atoms with E-state index < -0.39 is 5.41 Å². The van der Waals surface area contributed by atoms with Gasteiger partial charge in [-0.2, -0.15) is 0 Å². The van der Waals surface area contributed by atoms with Gasteiger partial charge < -0.3 is 10.6 Å². The van der Waals surface area contributed by atoms with Gasteiger partial charge >= 0.3 is 0 Å². The molecule has 1 aromatic carbocycles.